The number of aliphatic hydroxyl groups is 1. The Morgan fingerprint density at radius 2 is 2.21 bits per heavy atom. The van der Waals surface area contributed by atoms with Crippen LogP contribution in [0, 0.1) is 0 Å². The number of aliphatic hydroxyl groups excluding tert-OH is 1. The summed E-state index contributed by atoms with van der Waals surface area (Å²) in [5.41, 5.74) is 0. The SMILES string of the molecule is C[C@@H](NC(=O)C1CC(O)CN1)C(=O)O. The topological polar surface area (TPSA) is 98.7 Å². The second kappa shape index (κ2) is 4.39. The van der Waals surface area contributed by atoms with E-state index in [-0.39, 0.29) is 5.91 Å². The standard InChI is InChI=1S/C8H14N2O4/c1-4(8(13)14)10-7(12)6-2-5(11)3-9-6/h4-6,9,11H,2-3H2,1H3,(H,10,12)(H,13,14)/t4-,5?,6?/m1/s1. The normalized spacial score (nSPS) is 28.4. The number of hydrogen-bond acceptors (Lipinski definition) is 4. The number of aliphatic carboxylic acids is 1. The first kappa shape index (κ1) is 10.9. The number of carbonyl (C=O) groups excluding carboxylic acids is 1. The fraction of sp³-hybridized carbons (Fsp3) is 0.750. The highest BCUT2D eigenvalue weighted by Gasteiger charge is 2.29. The summed E-state index contributed by atoms with van der Waals surface area (Å²) in [7, 11) is 0. The molecule has 2 unspecified atom stereocenters. The lowest BCUT2D eigenvalue weighted by Gasteiger charge is -2.13. The van der Waals surface area contributed by atoms with E-state index in [0.717, 1.165) is 0 Å². The maximum atomic E-state index is 11.4. The van der Waals surface area contributed by atoms with Crippen molar-refractivity contribution in [1.29, 1.82) is 0 Å². The van der Waals surface area contributed by atoms with Crippen molar-refractivity contribution in [3.05, 3.63) is 0 Å². The first-order valence-corrected chi connectivity index (χ1v) is 4.45. The molecule has 80 valence electrons. The molecule has 0 radical (unpaired) electrons. The van der Waals surface area contributed by atoms with Gasteiger partial charge in [-0.1, -0.05) is 0 Å². The predicted molar refractivity (Wildman–Crippen MR) is 47.7 cm³/mol. The number of carbonyl (C=O) groups is 2. The Bertz CT molecular complexity index is 243. The van der Waals surface area contributed by atoms with Crippen molar-refractivity contribution in [2.45, 2.75) is 31.5 Å². The summed E-state index contributed by atoms with van der Waals surface area (Å²) < 4.78 is 0. The van der Waals surface area contributed by atoms with Crippen molar-refractivity contribution in [1.82, 2.24) is 10.6 Å². The highest BCUT2D eigenvalue weighted by Crippen LogP contribution is 2.06. The van der Waals surface area contributed by atoms with E-state index in [4.69, 9.17) is 10.2 Å². The zero-order valence-electron chi connectivity index (χ0n) is 7.86. The fourth-order valence-corrected chi connectivity index (χ4v) is 1.29. The van der Waals surface area contributed by atoms with Gasteiger partial charge in [0.1, 0.15) is 6.04 Å². The Labute approximate surface area is 81.3 Å². The van der Waals surface area contributed by atoms with Gasteiger partial charge in [-0.3, -0.25) is 9.59 Å². The van der Waals surface area contributed by atoms with Crippen LogP contribution in [0.2, 0.25) is 0 Å². The van der Waals surface area contributed by atoms with Crippen LogP contribution in [0.4, 0.5) is 0 Å². The maximum absolute atomic E-state index is 11.4. The van der Waals surface area contributed by atoms with Gasteiger partial charge in [-0.05, 0) is 13.3 Å². The van der Waals surface area contributed by atoms with E-state index in [0.29, 0.717) is 13.0 Å². The molecule has 0 bridgehead atoms. The average molecular weight is 202 g/mol. The molecule has 1 amide bonds. The van der Waals surface area contributed by atoms with Gasteiger partial charge in [0.05, 0.1) is 12.1 Å². The second-order valence-electron chi connectivity index (χ2n) is 3.42. The highest BCUT2D eigenvalue weighted by atomic mass is 16.4. The van der Waals surface area contributed by atoms with Gasteiger partial charge in [0.15, 0.2) is 0 Å². The Balaban J connectivity index is 2.39. The van der Waals surface area contributed by atoms with Crippen molar-refractivity contribution in [2.24, 2.45) is 0 Å². The Morgan fingerprint density at radius 3 is 2.64 bits per heavy atom. The van der Waals surface area contributed by atoms with Crippen LogP contribution in [0.1, 0.15) is 13.3 Å². The predicted octanol–water partition coefficient (Wildman–Crippen LogP) is -1.70. The van der Waals surface area contributed by atoms with E-state index >= 15 is 0 Å². The van der Waals surface area contributed by atoms with Gasteiger partial charge in [-0.15, -0.1) is 0 Å². The van der Waals surface area contributed by atoms with Crippen LogP contribution in [0.25, 0.3) is 0 Å². The van der Waals surface area contributed by atoms with Crippen LogP contribution in [0.3, 0.4) is 0 Å². The number of β-amino-alcohol motifs (C(OH)–C–C–N with tert-alkyl or cyclic N) is 1. The first-order valence-electron chi connectivity index (χ1n) is 4.45. The molecule has 0 aromatic heterocycles. The second-order valence-corrected chi connectivity index (χ2v) is 3.42. The molecule has 0 aliphatic carbocycles. The zero-order valence-corrected chi connectivity index (χ0v) is 7.86. The number of nitrogens with one attached hydrogen (secondary N) is 2. The summed E-state index contributed by atoms with van der Waals surface area (Å²) in [5.74, 6) is -1.45. The van der Waals surface area contributed by atoms with Crippen LogP contribution in [0.15, 0.2) is 0 Å². The summed E-state index contributed by atoms with van der Waals surface area (Å²) in [5, 5.41) is 22.8. The van der Waals surface area contributed by atoms with E-state index < -0.39 is 24.2 Å². The lowest BCUT2D eigenvalue weighted by atomic mass is 10.2. The first-order chi connectivity index (χ1) is 6.50. The molecule has 1 fully saturated rings. The minimum absolute atomic E-state index is 0.332. The van der Waals surface area contributed by atoms with E-state index in [1.165, 1.54) is 6.92 Å². The van der Waals surface area contributed by atoms with Gasteiger partial charge in [-0.25, -0.2) is 0 Å². The van der Waals surface area contributed by atoms with Gasteiger partial charge >= 0.3 is 5.97 Å². The molecular formula is C8H14N2O4. The third-order valence-electron chi connectivity index (χ3n) is 2.15. The lowest BCUT2D eigenvalue weighted by Crippen LogP contribution is -2.46. The molecule has 6 nitrogen and oxygen atoms in total. The molecule has 1 rings (SSSR count). The minimum atomic E-state index is -1.07. The molecule has 1 aliphatic heterocycles. The van der Waals surface area contributed by atoms with Gasteiger partial charge < -0.3 is 20.8 Å². The molecule has 0 aromatic rings. The molecule has 0 spiro atoms. The Kier molecular flexibility index (Phi) is 3.43. The van der Waals surface area contributed by atoms with Crippen LogP contribution in [-0.2, 0) is 9.59 Å². The molecular weight excluding hydrogens is 188 g/mol. The van der Waals surface area contributed by atoms with Crippen molar-refractivity contribution >= 4 is 11.9 Å². The van der Waals surface area contributed by atoms with E-state index in [1.807, 2.05) is 0 Å². The Hall–Kier alpha value is -1.14. The van der Waals surface area contributed by atoms with Crippen molar-refractivity contribution in [3.63, 3.8) is 0 Å². The monoisotopic (exact) mass is 202 g/mol. The summed E-state index contributed by atoms with van der Waals surface area (Å²) in [6.45, 7) is 1.77. The largest absolute Gasteiger partial charge is 0.480 e. The molecule has 1 saturated heterocycles. The molecule has 14 heavy (non-hydrogen) atoms. The third kappa shape index (κ3) is 2.68. The summed E-state index contributed by atoms with van der Waals surface area (Å²) in [6, 6.07) is -1.38. The molecule has 0 saturated carbocycles. The van der Waals surface area contributed by atoms with E-state index in [1.54, 1.807) is 0 Å². The molecule has 1 heterocycles. The van der Waals surface area contributed by atoms with Gasteiger partial charge in [0.2, 0.25) is 5.91 Å². The number of carboxylic acid groups (broad SMARTS) is 1. The Morgan fingerprint density at radius 1 is 1.57 bits per heavy atom. The maximum Gasteiger partial charge on any atom is 0.325 e. The summed E-state index contributed by atoms with van der Waals surface area (Å²) in [4.78, 5) is 21.8. The molecule has 4 N–H and O–H groups in total. The van der Waals surface area contributed by atoms with Crippen molar-refractivity contribution < 1.29 is 19.8 Å². The quantitative estimate of drug-likeness (QED) is 0.437. The summed E-state index contributed by atoms with van der Waals surface area (Å²) >= 11 is 0. The zero-order chi connectivity index (χ0) is 10.7. The van der Waals surface area contributed by atoms with Gasteiger partial charge in [0.25, 0.3) is 0 Å². The van der Waals surface area contributed by atoms with Crippen LogP contribution >= 0.6 is 0 Å². The third-order valence-corrected chi connectivity index (χ3v) is 2.15. The number of carboxylic acids is 1. The number of amides is 1. The molecule has 6 heteroatoms. The van der Waals surface area contributed by atoms with Crippen molar-refractivity contribution in [2.75, 3.05) is 6.54 Å². The van der Waals surface area contributed by atoms with Crippen LogP contribution < -0.4 is 10.6 Å². The molecule has 1 aliphatic rings. The van der Waals surface area contributed by atoms with Gasteiger partial charge in [0, 0.05) is 6.54 Å². The highest BCUT2D eigenvalue weighted by molar-refractivity contribution is 5.86. The van der Waals surface area contributed by atoms with Crippen LogP contribution in [0.5, 0.6) is 0 Å². The van der Waals surface area contributed by atoms with E-state index in [9.17, 15) is 9.59 Å². The number of rotatable bonds is 3. The smallest absolute Gasteiger partial charge is 0.325 e. The minimum Gasteiger partial charge on any atom is -0.480 e. The van der Waals surface area contributed by atoms with Gasteiger partial charge in [-0.2, -0.15) is 0 Å². The summed E-state index contributed by atoms with van der Waals surface area (Å²) in [6.07, 6.45) is -0.191. The van der Waals surface area contributed by atoms with Crippen LogP contribution in [-0.4, -0.2) is 46.8 Å². The number of hydrogen-bond donors (Lipinski definition) is 4. The molecule has 3 atom stereocenters. The lowest BCUT2D eigenvalue weighted by molar-refractivity contribution is -0.141. The van der Waals surface area contributed by atoms with Crippen molar-refractivity contribution in [3.8, 4) is 0 Å². The average Bonchev–Trinajstić information content (AvgIpc) is 2.51. The molecule has 0 aromatic carbocycles. The van der Waals surface area contributed by atoms with E-state index in [2.05, 4.69) is 10.6 Å². The fourth-order valence-electron chi connectivity index (χ4n) is 1.29.